The van der Waals surface area contributed by atoms with E-state index < -0.39 is 0 Å². The Morgan fingerprint density at radius 1 is 1.26 bits per heavy atom. The smallest absolute Gasteiger partial charge is 0.195 e. The van der Waals surface area contributed by atoms with Crippen molar-refractivity contribution in [1.29, 1.82) is 0 Å². The van der Waals surface area contributed by atoms with Gasteiger partial charge in [-0.15, -0.1) is 11.3 Å². The summed E-state index contributed by atoms with van der Waals surface area (Å²) >= 11 is 10.5. The van der Waals surface area contributed by atoms with Crippen LogP contribution in [0.4, 0.5) is 0 Å². The van der Waals surface area contributed by atoms with E-state index in [1.54, 1.807) is 23.7 Å². The minimum absolute atomic E-state index is 0.622. The Labute approximate surface area is 127 Å². The van der Waals surface area contributed by atoms with Crippen LogP contribution in [0.25, 0.3) is 11.4 Å². The largest absolute Gasteiger partial charge is 0.295 e. The van der Waals surface area contributed by atoms with Gasteiger partial charge in [-0.1, -0.05) is 0 Å². The minimum atomic E-state index is 0.622. The Morgan fingerprint density at radius 3 is 2.74 bits per heavy atom. The molecule has 4 nitrogen and oxygen atoms in total. The van der Waals surface area contributed by atoms with Crippen LogP contribution in [0.15, 0.2) is 40.4 Å². The van der Waals surface area contributed by atoms with Gasteiger partial charge in [0.05, 0.1) is 10.3 Å². The molecule has 0 spiro atoms. The Morgan fingerprint density at radius 2 is 2.05 bits per heavy atom. The molecule has 0 amide bonds. The fraction of sp³-hybridized carbons (Fsp3) is 0.0833. The summed E-state index contributed by atoms with van der Waals surface area (Å²) in [6, 6.07) is 7.97. The Bertz CT molecular complexity index is 744. The number of rotatable bonds is 3. The van der Waals surface area contributed by atoms with Crippen molar-refractivity contribution in [3.8, 4) is 11.4 Å². The molecule has 3 aromatic heterocycles. The van der Waals surface area contributed by atoms with E-state index in [1.165, 1.54) is 4.88 Å². The lowest BCUT2D eigenvalue weighted by molar-refractivity contribution is 0.802. The average molecular weight is 353 g/mol. The molecular weight excluding hydrogens is 344 g/mol. The van der Waals surface area contributed by atoms with Crippen LogP contribution in [-0.2, 0) is 6.54 Å². The molecule has 0 aliphatic carbocycles. The van der Waals surface area contributed by atoms with Crippen molar-refractivity contribution < 1.29 is 0 Å². The van der Waals surface area contributed by atoms with Crippen LogP contribution in [0.2, 0.25) is 0 Å². The molecule has 96 valence electrons. The summed E-state index contributed by atoms with van der Waals surface area (Å²) in [5.74, 6) is 0.830. The Balaban J connectivity index is 2.02. The van der Waals surface area contributed by atoms with E-state index in [0.29, 0.717) is 11.3 Å². The van der Waals surface area contributed by atoms with Crippen LogP contribution in [0, 0.1) is 4.77 Å². The van der Waals surface area contributed by atoms with Gasteiger partial charge in [0.25, 0.3) is 0 Å². The fourth-order valence-electron chi connectivity index (χ4n) is 1.78. The van der Waals surface area contributed by atoms with E-state index in [0.717, 1.165) is 15.2 Å². The van der Waals surface area contributed by atoms with Gasteiger partial charge in [0.15, 0.2) is 10.6 Å². The quantitative estimate of drug-likeness (QED) is 0.727. The number of H-pyrrole nitrogens is 1. The van der Waals surface area contributed by atoms with Crippen molar-refractivity contribution in [3.63, 3.8) is 0 Å². The number of hydrogen-bond donors (Lipinski definition) is 1. The summed E-state index contributed by atoms with van der Waals surface area (Å²) in [5, 5.41) is 7.15. The zero-order valence-corrected chi connectivity index (χ0v) is 12.9. The lowest BCUT2D eigenvalue weighted by Crippen LogP contribution is -2.01. The van der Waals surface area contributed by atoms with Gasteiger partial charge in [-0.25, -0.2) is 0 Å². The predicted octanol–water partition coefficient (Wildman–Crippen LogP) is 3.87. The van der Waals surface area contributed by atoms with Crippen LogP contribution < -0.4 is 0 Å². The SMILES string of the molecule is S=c1[nH]nc(-c2ccncc2)n1Cc1ccc(Br)s1. The van der Waals surface area contributed by atoms with Gasteiger partial charge in [-0.2, -0.15) is 5.10 Å². The molecule has 3 rings (SSSR count). The summed E-state index contributed by atoms with van der Waals surface area (Å²) in [7, 11) is 0. The highest BCUT2D eigenvalue weighted by Gasteiger charge is 2.10. The average Bonchev–Trinajstić information content (AvgIpc) is 2.99. The fourth-order valence-corrected chi connectivity index (χ4v) is 3.45. The van der Waals surface area contributed by atoms with Crippen molar-refractivity contribution in [2.75, 3.05) is 0 Å². The third-order valence-corrected chi connectivity index (χ3v) is 4.56. The Hall–Kier alpha value is -1.31. The summed E-state index contributed by atoms with van der Waals surface area (Å²) in [6.07, 6.45) is 3.50. The number of aromatic amines is 1. The lowest BCUT2D eigenvalue weighted by atomic mass is 10.2. The second-order valence-corrected chi connectivity index (χ2v) is 6.81. The topological polar surface area (TPSA) is 46.5 Å². The first-order chi connectivity index (χ1) is 9.24. The summed E-state index contributed by atoms with van der Waals surface area (Å²) in [5.41, 5.74) is 0.998. The minimum Gasteiger partial charge on any atom is -0.295 e. The van der Waals surface area contributed by atoms with E-state index in [4.69, 9.17) is 12.2 Å². The first-order valence-corrected chi connectivity index (χ1v) is 7.55. The molecule has 3 aromatic rings. The summed E-state index contributed by atoms with van der Waals surface area (Å²) < 4.78 is 3.72. The van der Waals surface area contributed by atoms with Gasteiger partial charge in [-0.3, -0.25) is 14.6 Å². The molecule has 7 heteroatoms. The van der Waals surface area contributed by atoms with Crippen molar-refractivity contribution in [2.24, 2.45) is 0 Å². The third kappa shape index (κ3) is 2.68. The van der Waals surface area contributed by atoms with Crippen molar-refractivity contribution in [1.82, 2.24) is 19.7 Å². The van der Waals surface area contributed by atoms with Gasteiger partial charge >= 0.3 is 0 Å². The van der Waals surface area contributed by atoms with Gasteiger partial charge in [0.2, 0.25) is 0 Å². The molecule has 0 aromatic carbocycles. The molecule has 0 saturated heterocycles. The van der Waals surface area contributed by atoms with Crippen LogP contribution in [0.1, 0.15) is 4.88 Å². The molecule has 0 aliphatic rings. The number of nitrogens with zero attached hydrogens (tertiary/aromatic N) is 3. The summed E-state index contributed by atoms with van der Waals surface area (Å²) in [6.45, 7) is 0.712. The zero-order valence-electron chi connectivity index (χ0n) is 9.71. The third-order valence-electron chi connectivity index (χ3n) is 2.64. The molecule has 0 bridgehead atoms. The first-order valence-electron chi connectivity index (χ1n) is 5.54. The summed E-state index contributed by atoms with van der Waals surface area (Å²) in [4.78, 5) is 5.24. The van der Waals surface area contributed by atoms with Gasteiger partial charge in [0, 0.05) is 22.8 Å². The van der Waals surface area contributed by atoms with E-state index in [9.17, 15) is 0 Å². The molecule has 0 fully saturated rings. The normalized spacial score (nSPS) is 10.8. The number of aromatic nitrogens is 4. The molecule has 3 heterocycles. The molecule has 0 saturated carbocycles. The van der Waals surface area contributed by atoms with Gasteiger partial charge in [-0.05, 0) is 52.4 Å². The van der Waals surface area contributed by atoms with Crippen molar-refractivity contribution in [2.45, 2.75) is 6.54 Å². The first kappa shape index (κ1) is 12.7. The molecule has 19 heavy (non-hydrogen) atoms. The van der Waals surface area contributed by atoms with E-state index in [-0.39, 0.29) is 0 Å². The van der Waals surface area contributed by atoms with Crippen molar-refractivity contribution >= 4 is 39.5 Å². The molecule has 0 aliphatic heterocycles. The van der Waals surface area contributed by atoms with Crippen molar-refractivity contribution in [3.05, 3.63) is 50.1 Å². The molecule has 0 atom stereocenters. The number of thiophene rings is 1. The van der Waals surface area contributed by atoms with Gasteiger partial charge < -0.3 is 0 Å². The van der Waals surface area contributed by atoms with E-state index in [2.05, 4.69) is 37.2 Å². The van der Waals surface area contributed by atoms with E-state index in [1.807, 2.05) is 22.8 Å². The zero-order chi connectivity index (χ0) is 13.2. The Kier molecular flexibility index (Phi) is 3.58. The maximum atomic E-state index is 5.30. The molecule has 1 N–H and O–H groups in total. The number of pyridine rings is 1. The molecule has 0 radical (unpaired) electrons. The lowest BCUT2D eigenvalue weighted by Gasteiger charge is -2.04. The standard InChI is InChI=1S/C12H9BrN4S2/c13-10-2-1-9(19-10)7-17-11(15-16-12(17)18)8-3-5-14-6-4-8/h1-6H,7H2,(H,16,18). The molecule has 0 unspecified atom stereocenters. The second kappa shape index (κ2) is 5.36. The van der Waals surface area contributed by atoms with Gasteiger partial charge in [0.1, 0.15) is 0 Å². The monoisotopic (exact) mass is 352 g/mol. The number of nitrogens with one attached hydrogen (secondary N) is 1. The van der Waals surface area contributed by atoms with Crippen LogP contribution in [0.3, 0.4) is 0 Å². The predicted molar refractivity (Wildman–Crippen MR) is 81.8 cm³/mol. The number of halogens is 1. The second-order valence-electron chi connectivity index (χ2n) is 3.88. The van der Waals surface area contributed by atoms with Crippen LogP contribution in [0.5, 0.6) is 0 Å². The van der Waals surface area contributed by atoms with E-state index >= 15 is 0 Å². The maximum Gasteiger partial charge on any atom is 0.195 e. The number of hydrogen-bond acceptors (Lipinski definition) is 4. The van der Waals surface area contributed by atoms with Crippen LogP contribution >= 0.6 is 39.5 Å². The highest BCUT2D eigenvalue weighted by atomic mass is 79.9. The highest BCUT2D eigenvalue weighted by Crippen LogP contribution is 2.24. The maximum absolute atomic E-state index is 5.30. The molecular formula is C12H9BrN4S2. The highest BCUT2D eigenvalue weighted by molar-refractivity contribution is 9.11. The van der Waals surface area contributed by atoms with Crippen LogP contribution in [-0.4, -0.2) is 19.7 Å².